The SMILES string of the molecule is ClC[C@@H]1COc2ccccc2C1. The van der Waals surface area contributed by atoms with E-state index in [0.29, 0.717) is 11.8 Å². The van der Waals surface area contributed by atoms with Crippen LogP contribution in [0.1, 0.15) is 5.56 Å². The van der Waals surface area contributed by atoms with Crippen molar-refractivity contribution in [3.05, 3.63) is 29.8 Å². The number of alkyl halides is 1. The van der Waals surface area contributed by atoms with Crippen LogP contribution >= 0.6 is 11.6 Å². The molecule has 2 rings (SSSR count). The highest BCUT2D eigenvalue weighted by Crippen LogP contribution is 2.26. The van der Waals surface area contributed by atoms with Gasteiger partial charge >= 0.3 is 0 Å². The number of halogens is 1. The third-order valence-electron chi connectivity index (χ3n) is 2.17. The maximum atomic E-state index is 5.77. The summed E-state index contributed by atoms with van der Waals surface area (Å²) in [7, 11) is 0. The molecule has 12 heavy (non-hydrogen) atoms. The fraction of sp³-hybridized carbons (Fsp3) is 0.400. The van der Waals surface area contributed by atoms with E-state index in [-0.39, 0.29) is 0 Å². The Hall–Kier alpha value is -0.690. The smallest absolute Gasteiger partial charge is 0.122 e. The molecule has 1 heterocycles. The quantitative estimate of drug-likeness (QED) is 0.607. The van der Waals surface area contributed by atoms with E-state index in [1.807, 2.05) is 18.2 Å². The Labute approximate surface area is 77.3 Å². The van der Waals surface area contributed by atoms with Gasteiger partial charge in [-0.25, -0.2) is 0 Å². The second-order valence-electron chi connectivity index (χ2n) is 3.14. The van der Waals surface area contributed by atoms with Crippen LogP contribution in [0.4, 0.5) is 0 Å². The van der Waals surface area contributed by atoms with Gasteiger partial charge in [-0.3, -0.25) is 0 Å². The highest BCUT2D eigenvalue weighted by Gasteiger charge is 2.17. The summed E-state index contributed by atoms with van der Waals surface area (Å²) in [5.41, 5.74) is 1.29. The average molecular weight is 183 g/mol. The first-order valence-corrected chi connectivity index (χ1v) is 4.70. The van der Waals surface area contributed by atoms with Gasteiger partial charge in [-0.05, 0) is 18.1 Å². The minimum Gasteiger partial charge on any atom is -0.493 e. The third-order valence-corrected chi connectivity index (χ3v) is 2.61. The van der Waals surface area contributed by atoms with Crippen molar-refractivity contribution < 1.29 is 4.74 Å². The Balaban J connectivity index is 2.23. The highest BCUT2D eigenvalue weighted by molar-refractivity contribution is 6.18. The van der Waals surface area contributed by atoms with Crippen molar-refractivity contribution in [2.75, 3.05) is 12.5 Å². The first kappa shape index (κ1) is 7.93. The zero-order chi connectivity index (χ0) is 8.39. The second kappa shape index (κ2) is 3.36. The van der Waals surface area contributed by atoms with E-state index in [9.17, 15) is 0 Å². The van der Waals surface area contributed by atoms with Crippen molar-refractivity contribution in [3.63, 3.8) is 0 Å². The zero-order valence-electron chi connectivity index (χ0n) is 6.79. The highest BCUT2D eigenvalue weighted by atomic mass is 35.5. The van der Waals surface area contributed by atoms with Gasteiger partial charge in [0.1, 0.15) is 5.75 Å². The molecule has 64 valence electrons. The zero-order valence-corrected chi connectivity index (χ0v) is 7.55. The van der Waals surface area contributed by atoms with Gasteiger partial charge in [-0.1, -0.05) is 18.2 Å². The first-order valence-electron chi connectivity index (χ1n) is 4.17. The van der Waals surface area contributed by atoms with Gasteiger partial charge in [-0.15, -0.1) is 11.6 Å². The van der Waals surface area contributed by atoms with Gasteiger partial charge in [0.25, 0.3) is 0 Å². The van der Waals surface area contributed by atoms with Gasteiger partial charge in [0.2, 0.25) is 0 Å². The lowest BCUT2D eigenvalue weighted by molar-refractivity contribution is 0.236. The maximum Gasteiger partial charge on any atom is 0.122 e. The van der Waals surface area contributed by atoms with Crippen LogP contribution in [-0.4, -0.2) is 12.5 Å². The van der Waals surface area contributed by atoms with Crippen LogP contribution in [0.5, 0.6) is 5.75 Å². The number of rotatable bonds is 1. The Bertz CT molecular complexity index is 272. The van der Waals surface area contributed by atoms with Crippen LogP contribution in [0.3, 0.4) is 0 Å². The summed E-state index contributed by atoms with van der Waals surface area (Å²) in [4.78, 5) is 0. The second-order valence-corrected chi connectivity index (χ2v) is 3.45. The predicted octanol–water partition coefficient (Wildman–Crippen LogP) is 2.48. The fourth-order valence-corrected chi connectivity index (χ4v) is 1.69. The summed E-state index contributed by atoms with van der Waals surface area (Å²) in [5, 5.41) is 0. The van der Waals surface area contributed by atoms with Crippen LogP contribution in [0.2, 0.25) is 0 Å². The maximum absolute atomic E-state index is 5.77. The van der Waals surface area contributed by atoms with Crippen LogP contribution in [-0.2, 0) is 6.42 Å². The van der Waals surface area contributed by atoms with Crippen molar-refractivity contribution in [2.24, 2.45) is 5.92 Å². The molecule has 0 aromatic heterocycles. The molecule has 1 aromatic rings. The van der Waals surface area contributed by atoms with E-state index in [4.69, 9.17) is 16.3 Å². The van der Waals surface area contributed by atoms with E-state index in [0.717, 1.165) is 18.8 Å². The predicted molar refractivity (Wildman–Crippen MR) is 49.9 cm³/mol. The minimum atomic E-state index is 0.488. The Kier molecular flexibility index (Phi) is 2.22. The molecule has 0 saturated carbocycles. The van der Waals surface area contributed by atoms with Gasteiger partial charge < -0.3 is 4.74 Å². The summed E-state index contributed by atoms with van der Waals surface area (Å²) in [6.07, 6.45) is 1.06. The van der Waals surface area contributed by atoms with E-state index in [1.165, 1.54) is 5.56 Å². The first-order chi connectivity index (χ1) is 5.90. The topological polar surface area (TPSA) is 9.23 Å². The lowest BCUT2D eigenvalue weighted by Crippen LogP contribution is -2.21. The molecule has 1 aromatic carbocycles. The number of ether oxygens (including phenoxy) is 1. The molecule has 0 spiro atoms. The Morgan fingerprint density at radius 3 is 3.08 bits per heavy atom. The lowest BCUT2D eigenvalue weighted by atomic mass is 9.98. The summed E-state index contributed by atoms with van der Waals surface area (Å²) in [6.45, 7) is 0.764. The molecular formula is C10H11ClO. The molecule has 1 nitrogen and oxygen atoms in total. The van der Waals surface area contributed by atoms with Gasteiger partial charge in [0.05, 0.1) is 6.61 Å². The molecular weight excluding hydrogens is 172 g/mol. The van der Waals surface area contributed by atoms with E-state index >= 15 is 0 Å². The standard InChI is InChI=1S/C10H11ClO/c11-6-8-5-9-3-1-2-4-10(9)12-7-8/h1-4,8H,5-7H2/t8-/m1/s1. The molecule has 0 fully saturated rings. The minimum absolute atomic E-state index is 0.488. The largest absolute Gasteiger partial charge is 0.493 e. The normalized spacial score (nSPS) is 21.2. The monoisotopic (exact) mass is 182 g/mol. The Morgan fingerprint density at radius 2 is 2.25 bits per heavy atom. The number of hydrogen-bond acceptors (Lipinski definition) is 1. The fourth-order valence-electron chi connectivity index (χ4n) is 1.49. The van der Waals surface area contributed by atoms with Crippen molar-refractivity contribution in [2.45, 2.75) is 6.42 Å². The van der Waals surface area contributed by atoms with E-state index < -0.39 is 0 Å². The van der Waals surface area contributed by atoms with E-state index in [2.05, 4.69) is 6.07 Å². The van der Waals surface area contributed by atoms with Crippen molar-refractivity contribution in [1.82, 2.24) is 0 Å². The molecule has 0 amide bonds. The number of benzene rings is 1. The summed E-state index contributed by atoms with van der Waals surface area (Å²) < 4.78 is 5.54. The lowest BCUT2D eigenvalue weighted by Gasteiger charge is -2.23. The molecule has 0 saturated heterocycles. The van der Waals surface area contributed by atoms with Crippen molar-refractivity contribution in [3.8, 4) is 5.75 Å². The van der Waals surface area contributed by atoms with E-state index in [1.54, 1.807) is 0 Å². The van der Waals surface area contributed by atoms with Gasteiger partial charge in [0, 0.05) is 11.8 Å². The van der Waals surface area contributed by atoms with Crippen molar-refractivity contribution in [1.29, 1.82) is 0 Å². The average Bonchev–Trinajstić information content (AvgIpc) is 2.17. The molecule has 0 bridgehead atoms. The molecule has 1 aliphatic rings. The van der Waals surface area contributed by atoms with Gasteiger partial charge in [-0.2, -0.15) is 0 Å². The van der Waals surface area contributed by atoms with Crippen LogP contribution in [0, 0.1) is 5.92 Å². The molecule has 1 aliphatic heterocycles. The third kappa shape index (κ3) is 1.42. The molecule has 0 radical (unpaired) electrons. The summed E-state index contributed by atoms with van der Waals surface area (Å²) >= 11 is 5.77. The van der Waals surface area contributed by atoms with Crippen LogP contribution < -0.4 is 4.74 Å². The summed E-state index contributed by atoms with van der Waals surface area (Å²) in [6, 6.07) is 8.16. The number of hydrogen-bond donors (Lipinski definition) is 0. The molecule has 2 heteroatoms. The Morgan fingerprint density at radius 1 is 1.42 bits per heavy atom. The van der Waals surface area contributed by atoms with Gasteiger partial charge in [0.15, 0.2) is 0 Å². The number of para-hydroxylation sites is 1. The molecule has 0 N–H and O–H groups in total. The van der Waals surface area contributed by atoms with Crippen molar-refractivity contribution >= 4 is 11.6 Å². The molecule has 0 aliphatic carbocycles. The molecule has 0 unspecified atom stereocenters. The van der Waals surface area contributed by atoms with Crippen LogP contribution in [0.15, 0.2) is 24.3 Å². The summed E-state index contributed by atoms with van der Waals surface area (Å²) in [5.74, 6) is 2.20. The number of fused-ring (bicyclic) bond motifs is 1. The molecule has 1 atom stereocenters. The van der Waals surface area contributed by atoms with Crippen LogP contribution in [0.25, 0.3) is 0 Å².